The van der Waals surface area contributed by atoms with Gasteiger partial charge in [0, 0.05) is 24.0 Å². The van der Waals surface area contributed by atoms with Crippen LogP contribution in [0.5, 0.6) is 0 Å². The van der Waals surface area contributed by atoms with Crippen molar-refractivity contribution < 1.29 is 4.79 Å². The maximum Gasteiger partial charge on any atom is 0.245 e. The maximum absolute atomic E-state index is 13.5. The van der Waals surface area contributed by atoms with Gasteiger partial charge in [-0.05, 0) is 41.8 Å². The number of amides is 1. The van der Waals surface area contributed by atoms with E-state index < -0.39 is 0 Å². The Labute approximate surface area is 176 Å². The molecule has 3 aromatic carbocycles. The van der Waals surface area contributed by atoms with Crippen molar-refractivity contribution in [2.75, 3.05) is 12.5 Å². The third-order valence-electron chi connectivity index (χ3n) is 6.10. The first-order valence-corrected chi connectivity index (χ1v) is 10.2. The number of hydrazine groups is 1. The molecule has 1 heterocycles. The van der Waals surface area contributed by atoms with Gasteiger partial charge in [-0.2, -0.15) is 0 Å². The highest BCUT2D eigenvalue weighted by molar-refractivity contribution is 5.93. The van der Waals surface area contributed by atoms with Crippen LogP contribution in [0.25, 0.3) is 10.9 Å². The zero-order chi connectivity index (χ0) is 20.6. The molecule has 0 spiro atoms. The zero-order valence-corrected chi connectivity index (χ0v) is 16.8. The monoisotopic (exact) mass is 393 g/mol. The largest absolute Gasteiger partial charge is 0.296 e. The van der Waals surface area contributed by atoms with Crippen LogP contribution in [-0.2, 0) is 10.2 Å². The minimum absolute atomic E-state index is 0.0867. The molecule has 5 rings (SSSR count). The molecule has 1 N–H and O–H groups in total. The highest BCUT2D eigenvalue weighted by Crippen LogP contribution is 2.59. The lowest BCUT2D eigenvalue weighted by Gasteiger charge is -2.24. The second-order valence-electron chi connectivity index (χ2n) is 7.84. The van der Waals surface area contributed by atoms with Crippen molar-refractivity contribution in [3.8, 4) is 0 Å². The Bertz CT molecular complexity index is 1150. The van der Waals surface area contributed by atoms with Crippen molar-refractivity contribution in [2.24, 2.45) is 5.92 Å². The number of hydrogen-bond donors (Lipinski definition) is 1. The molecule has 30 heavy (non-hydrogen) atoms. The van der Waals surface area contributed by atoms with Gasteiger partial charge in [-0.3, -0.25) is 20.2 Å². The lowest BCUT2D eigenvalue weighted by atomic mass is 9.85. The van der Waals surface area contributed by atoms with Crippen LogP contribution in [0.4, 0.5) is 5.69 Å². The number of fused-ring (bicyclic) bond motifs is 1. The number of carbonyl (C=O) groups excluding carboxylic acids is 1. The van der Waals surface area contributed by atoms with E-state index >= 15 is 0 Å². The van der Waals surface area contributed by atoms with Crippen LogP contribution in [0.3, 0.4) is 0 Å². The van der Waals surface area contributed by atoms with Crippen molar-refractivity contribution in [2.45, 2.75) is 11.8 Å². The van der Waals surface area contributed by atoms with E-state index in [0.29, 0.717) is 0 Å². The Kier molecular flexibility index (Phi) is 4.47. The zero-order valence-electron chi connectivity index (χ0n) is 16.8. The van der Waals surface area contributed by atoms with Gasteiger partial charge in [0.2, 0.25) is 5.91 Å². The van der Waals surface area contributed by atoms with Gasteiger partial charge in [-0.1, -0.05) is 66.7 Å². The van der Waals surface area contributed by atoms with Gasteiger partial charge in [-0.15, -0.1) is 0 Å². The molecule has 1 amide bonds. The molecule has 0 bridgehead atoms. The molecule has 1 saturated carbocycles. The fraction of sp³-hybridized carbons (Fsp3) is 0.154. The second-order valence-corrected chi connectivity index (χ2v) is 7.84. The van der Waals surface area contributed by atoms with Crippen LogP contribution in [0.2, 0.25) is 0 Å². The molecular formula is C26H23N3O. The number of rotatable bonds is 5. The van der Waals surface area contributed by atoms with E-state index in [9.17, 15) is 4.79 Å². The van der Waals surface area contributed by atoms with Gasteiger partial charge in [0.25, 0.3) is 0 Å². The average Bonchev–Trinajstić information content (AvgIpc) is 3.57. The average molecular weight is 393 g/mol. The number of pyridine rings is 1. The van der Waals surface area contributed by atoms with E-state index in [2.05, 4.69) is 34.7 Å². The summed E-state index contributed by atoms with van der Waals surface area (Å²) in [7, 11) is 1.80. The second kappa shape index (κ2) is 7.30. The molecule has 0 radical (unpaired) electrons. The Balaban J connectivity index is 1.44. The van der Waals surface area contributed by atoms with E-state index in [1.165, 1.54) is 11.1 Å². The number of benzene rings is 3. The molecule has 4 heteroatoms. The first-order chi connectivity index (χ1) is 14.7. The van der Waals surface area contributed by atoms with E-state index in [-0.39, 0.29) is 17.2 Å². The molecule has 0 saturated heterocycles. The summed E-state index contributed by atoms with van der Waals surface area (Å²) in [4.78, 5) is 17.9. The van der Waals surface area contributed by atoms with E-state index in [0.717, 1.165) is 23.0 Å². The van der Waals surface area contributed by atoms with E-state index in [1.807, 2.05) is 66.7 Å². The summed E-state index contributed by atoms with van der Waals surface area (Å²) >= 11 is 0. The molecular weight excluding hydrogens is 370 g/mol. The lowest BCUT2D eigenvalue weighted by molar-refractivity contribution is -0.130. The molecule has 1 atom stereocenters. The number of hydrogen-bond acceptors (Lipinski definition) is 3. The Morgan fingerprint density at radius 1 is 0.900 bits per heavy atom. The Morgan fingerprint density at radius 2 is 1.57 bits per heavy atom. The quantitative estimate of drug-likeness (QED) is 0.484. The third-order valence-corrected chi connectivity index (χ3v) is 6.10. The highest BCUT2D eigenvalue weighted by Gasteiger charge is 2.60. The van der Waals surface area contributed by atoms with Crippen LogP contribution < -0.4 is 5.43 Å². The van der Waals surface area contributed by atoms with Crippen LogP contribution >= 0.6 is 0 Å². The summed E-state index contributed by atoms with van der Waals surface area (Å²) in [5.74, 6) is -0.0171. The highest BCUT2D eigenvalue weighted by atomic mass is 16.2. The fourth-order valence-electron chi connectivity index (χ4n) is 4.51. The summed E-state index contributed by atoms with van der Waals surface area (Å²) in [6.45, 7) is 0. The minimum Gasteiger partial charge on any atom is -0.296 e. The smallest absolute Gasteiger partial charge is 0.245 e. The number of carbonyl (C=O) groups is 1. The predicted octanol–water partition coefficient (Wildman–Crippen LogP) is 5.03. The van der Waals surface area contributed by atoms with Crippen LogP contribution in [0, 0.1) is 5.92 Å². The summed E-state index contributed by atoms with van der Waals surface area (Å²) in [6.07, 6.45) is 2.59. The van der Waals surface area contributed by atoms with Crippen LogP contribution in [0.1, 0.15) is 17.5 Å². The van der Waals surface area contributed by atoms with Gasteiger partial charge in [0.15, 0.2) is 0 Å². The van der Waals surface area contributed by atoms with Gasteiger partial charge in [0.05, 0.1) is 17.1 Å². The van der Waals surface area contributed by atoms with Gasteiger partial charge < -0.3 is 0 Å². The Hall–Kier alpha value is -3.66. The first-order valence-electron chi connectivity index (χ1n) is 10.2. The molecule has 1 aliphatic carbocycles. The van der Waals surface area contributed by atoms with E-state index in [4.69, 9.17) is 0 Å². The van der Waals surface area contributed by atoms with Crippen molar-refractivity contribution in [1.29, 1.82) is 0 Å². The third kappa shape index (κ3) is 3.01. The van der Waals surface area contributed by atoms with Gasteiger partial charge in [0.1, 0.15) is 0 Å². The summed E-state index contributed by atoms with van der Waals surface area (Å²) < 4.78 is 0. The van der Waals surface area contributed by atoms with Crippen molar-refractivity contribution >= 4 is 22.5 Å². The predicted molar refractivity (Wildman–Crippen MR) is 120 cm³/mol. The lowest BCUT2D eigenvalue weighted by Crippen LogP contribution is -2.35. The molecule has 4 nitrogen and oxygen atoms in total. The number of nitrogens with zero attached hydrogens (tertiary/aromatic N) is 2. The summed E-state index contributed by atoms with van der Waals surface area (Å²) in [6, 6.07) is 30.6. The van der Waals surface area contributed by atoms with Gasteiger partial charge >= 0.3 is 0 Å². The molecule has 4 aromatic rings. The van der Waals surface area contributed by atoms with Crippen molar-refractivity contribution in [3.05, 3.63) is 108 Å². The molecule has 1 fully saturated rings. The molecule has 1 unspecified atom stereocenters. The SMILES string of the molecule is CN(Nc1cccc2ncccc12)C(=O)C1CC1(c1ccccc1)c1ccccc1. The Morgan fingerprint density at radius 3 is 2.23 bits per heavy atom. The minimum atomic E-state index is -0.268. The van der Waals surface area contributed by atoms with Crippen LogP contribution in [0.15, 0.2) is 97.2 Å². The summed E-state index contributed by atoms with van der Waals surface area (Å²) in [5, 5.41) is 2.62. The summed E-state index contributed by atoms with van der Waals surface area (Å²) in [5.41, 5.74) is 7.18. The normalized spacial score (nSPS) is 16.8. The standard InChI is InChI=1S/C26H23N3O/c1-29(28-24-16-8-15-23-21(24)14-9-17-27-23)25(30)22-18-26(22,19-10-4-2-5-11-19)20-12-6-3-7-13-20/h2-17,22,28H,18H2,1H3. The van der Waals surface area contributed by atoms with Crippen LogP contribution in [-0.4, -0.2) is 22.9 Å². The molecule has 1 aromatic heterocycles. The molecule has 0 aliphatic heterocycles. The first kappa shape index (κ1) is 18.4. The number of nitrogens with one attached hydrogen (secondary N) is 1. The van der Waals surface area contributed by atoms with Crippen molar-refractivity contribution in [1.82, 2.24) is 9.99 Å². The fourth-order valence-corrected chi connectivity index (χ4v) is 4.51. The molecule has 148 valence electrons. The molecule has 1 aliphatic rings. The number of anilines is 1. The van der Waals surface area contributed by atoms with Gasteiger partial charge in [-0.25, -0.2) is 0 Å². The number of aromatic nitrogens is 1. The van der Waals surface area contributed by atoms with Crippen molar-refractivity contribution in [3.63, 3.8) is 0 Å². The maximum atomic E-state index is 13.5. The topological polar surface area (TPSA) is 45.2 Å². The van der Waals surface area contributed by atoms with E-state index in [1.54, 1.807) is 18.3 Å².